The van der Waals surface area contributed by atoms with Crippen molar-refractivity contribution < 1.29 is 13.2 Å². The Morgan fingerprint density at radius 2 is 1.82 bits per heavy atom. The first-order valence-corrected chi connectivity index (χ1v) is 11.2. The highest BCUT2D eigenvalue weighted by molar-refractivity contribution is 7.89. The maximum Gasteiger partial charge on any atom is 0.240 e. The second-order valence-electron chi connectivity index (χ2n) is 7.70. The van der Waals surface area contributed by atoms with E-state index >= 15 is 0 Å². The van der Waals surface area contributed by atoms with Crippen LogP contribution in [0.25, 0.3) is 10.9 Å². The van der Waals surface area contributed by atoms with E-state index < -0.39 is 10.0 Å². The molecule has 6 heteroatoms. The van der Waals surface area contributed by atoms with Gasteiger partial charge in [0.2, 0.25) is 10.0 Å². The Bertz CT molecular complexity index is 1100. The van der Waals surface area contributed by atoms with E-state index in [-0.39, 0.29) is 17.0 Å². The fraction of sp³-hybridized carbons (Fsp3) is 0.364. The smallest absolute Gasteiger partial charge is 0.240 e. The van der Waals surface area contributed by atoms with Crippen molar-refractivity contribution in [2.75, 3.05) is 0 Å². The summed E-state index contributed by atoms with van der Waals surface area (Å²) in [5.74, 6) is 0.673. The van der Waals surface area contributed by atoms with Crippen LogP contribution in [-0.4, -0.2) is 25.1 Å². The van der Waals surface area contributed by atoms with Gasteiger partial charge in [0.1, 0.15) is 5.75 Å². The van der Waals surface area contributed by atoms with Crippen molar-refractivity contribution in [3.05, 3.63) is 59.8 Å². The molecule has 0 bridgehead atoms. The van der Waals surface area contributed by atoms with E-state index in [0.29, 0.717) is 12.2 Å². The second-order valence-corrected chi connectivity index (χ2v) is 9.41. The first-order chi connectivity index (χ1) is 13.3. The number of nitrogens with one attached hydrogen (secondary N) is 1. The Balaban J connectivity index is 1.54. The quantitative estimate of drug-likeness (QED) is 0.711. The van der Waals surface area contributed by atoms with Crippen LogP contribution in [0.1, 0.15) is 31.5 Å². The molecule has 3 aromatic rings. The molecule has 1 heterocycles. The lowest BCUT2D eigenvalue weighted by Crippen LogP contribution is -2.38. The molecular weight excluding hydrogens is 372 g/mol. The summed E-state index contributed by atoms with van der Waals surface area (Å²) in [7, 11) is -1.48. The van der Waals surface area contributed by atoms with E-state index in [1.54, 1.807) is 24.3 Å². The molecule has 2 aromatic carbocycles. The van der Waals surface area contributed by atoms with Crippen LogP contribution in [0, 0.1) is 0 Å². The summed E-state index contributed by atoms with van der Waals surface area (Å²) in [5.41, 5.74) is 3.78. The van der Waals surface area contributed by atoms with Gasteiger partial charge in [0, 0.05) is 29.7 Å². The van der Waals surface area contributed by atoms with Gasteiger partial charge in [0.15, 0.2) is 0 Å². The summed E-state index contributed by atoms with van der Waals surface area (Å²) < 4.78 is 36.5. The molecule has 5 nitrogen and oxygen atoms in total. The first-order valence-electron chi connectivity index (χ1n) is 9.69. The summed E-state index contributed by atoms with van der Waals surface area (Å²) in [6.07, 6.45) is 2.43. The summed E-state index contributed by atoms with van der Waals surface area (Å²) >= 11 is 0. The molecule has 1 aromatic heterocycles. The predicted molar refractivity (Wildman–Crippen MR) is 111 cm³/mol. The SMILES string of the molecule is CC(C)Oc1ccc(S(=O)(=O)NC2CCc3c(c4ccccc4n3C)C2)cc1. The highest BCUT2D eigenvalue weighted by Crippen LogP contribution is 2.32. The molecule has 1 aliphatic carbocycles. The topological polar surface area (TPSA) is 60.3 Å². The maximum absolute atomic E-state index is 12.9. The summed E-state index contributed by atoms with van der Waals surface area (Å²) in [6, 6.07) is 14.8. The minimum absolute atomic E-state index is 0.0534. The molecule has 4 rings (SSSR count). The van der Waals surface area contributed by atoms with Crippen LogP contribution in [0.15, 0.2) is 53.4 Å². The van der Waals surface area contributed by atoms with Crippen LogP contribution >= 0.6 is 0 Å². The van der Waals surface area contributed by atoms with Crippen LogP contribution in [0.4, 0.5) is 0 Å². The lowest BCUT2D eigenvalue weighted by Gasteiger charge is -2.24. The zero-order valence-corrected chi connectivity index (χ0v) is 17.3. The molecule has 148 valence electrons. The van der Waals surface area contributed by atoms with Gasteiger partial charge >= 0.3 is 0 Å². The molecule has 28 heavy (non-hydrogen) atoms. The number of hydrogen-bond donors (Lipinski definition) is 1. The number of nitrogens with zero attached hydrogens (tertiary/aromatic N) is 1. The number of rotatable bonds is 5. The van der Waals surface area contributed by atoms with Crippen molar-refractivity contribution in [3.8, 4) is 5.75 Å². The highest BCUT2D eigenvalue weighted by Gasteiger charge is 2.27. The maximum atomic E-state index is 12.9. The van der Waals surface area contributed by atoms with Gasteiger partial charge in [-0.25, -0.2) is 13.1 Å². The van der Waals surface area contributed by atoms with Gasteiger partial charge < -0.3 is 9.30 Å². The molecule has 0 fully saturated rings. The Morgan fingerprint density at radius 3 is 2.54 bits per heavy atom. The van der Waals surface area contributed by atoms with Gasteiger partial charge in [-0.2, -0.15) is 0 Å². The highest BCUT2D eigenvalue weighted by atomic mass is 32.2. The molecular formula is C22H26N2O3S. The lowest BCUT2D eigenvalue weighted by molar-refractivity contribution is 0.242. The molecule has 0 aliphatic heterocycles. The number of aromatic nitrogens is 1. The minimum atomic E-state index is -3.57. The van der Waals surface area contributed by atoms with Gasteiger partial charge in [-0.3, -0.25) is 0 Å². The zero-order chi connectivity index (χ0) is 19.9. The van der Waals surface area contributed by atoms with E-state index in [9.17, 15) is 8.42 Å². The normalized spacial score (nSPS) is 17.1. The molecule has 1 unspecified atom stereocenters. The van der Waals surface area contributed by atoms with Crippen molar-refractivity contribution in [1.82, 2.24) is 9.29 Å². The van der Waals surface area contributed by atoms with E-state index in [2.05, 4.69) is 28.5 Å². The lowest BCUT2D eigenvalue weighted by atomic mass is 9.92. The van der Waals surface area contributed by atoms with Crippen LogP contribution in [0.2, 0.25) is 0 Å². The number of fused-ring (bicyclic) bond motifs is 3. The summed E-state index contributed by atoms with van der Waals surface area (Å²) in [6.45, 7) is 3.88. The standard InChI is InChI=1S/C22H26N2O3S/c1-15(2)27-17-9-11-18(12-10-17)28(25,26)23-16-8-13-22-20(14-16)19-6-4-5-7-21(19)24(22)3/h4-7,9-12,15-16,23H,8,13-14H2,1-3H3. The molecule has 1 atom stereocenters. The van der Waals surface area contributed by atoms with Gasteiger partial charge in [0.25, 0.3) is 0 Å². The molecule has 0 saturated carbocycles. The van der Waals surface area contributed by atoms with Crippen LogP contribution in [0.5, 0.6) is 5.75 Å². The third-order valence-corrected chi connectivity index (χ3v) is 6.89. The van der Waals surface area contributed by atoms with Crippen LogP contribution in [-0.2, 0) is 29.9 Å². The third-order valence-electron chi connectivity index (χ3n) is 5.35. The number of para-hydroxylation sites is 1. The van der Waals surface area contributed by atoms with E-state index in [1.807, 2.05) is 26.0 Å². The molecule has 0 saturated heterocycles. The predicted octanol–water partition coefficient (Wildman–Crippen LogP) is 3.80. The number of aryl methyl sites for hydroxylation is 1. The second kappa shape index (κ2) is 7.26. The van der Waals surface area contributed by atoms with Gasteiger partial charge in [-0.05, 0) is 69.0 Å². The molecule has 0 amide bonds. The Morgan fingerprint density at radius 1 is 1.11 bits per heavy atom. The van der Waals surface area contributed by atoms with Crippen molar-refractivity contribution in [1.29, 1.82) is 0 Å². The minimum Gasteiger partial charge on any atom is -0.491 e. The van der Waals surface area contributed by atoms with Crippen molar-refractivity contribution >= 4 is 20.9 Å². The third kappa shape index (κ3) is 3.54. The molecule has 0 radical (unpaired) electrons. The van der Waals surface area contributed by atoms with E-state index in [0.717, 1.165) is 12.8 Å². The Kier molecular flexibility index (Phi) is 4.93. The molecule has 1 N–H and O–H groups in total. The van der Waals surface area contributed by atoms with Crippen molar-refractivity contribution in [3.63, 3.8) is 0 Å². The molecule has 0 spiro atoms. The van der Waals surface area contributed by atoms with Gasteiger partial charge in [0.05, 0.1) is 11.0 Å². The largest absolute Gasteiger partial charge is 0.491 e. The van der Waals surface area contributed by atoms with Crippen molar-refractivity contribution in [2.45, 2.75) is 50.2 Å². The monoisotopic (exact) mass is 398 g/mol. The van der Waals surface area contributed by atoms with Gasteiger partial charge in [-0.15, -0.1) is 0 Å². The fourth-order valence-corrected chi connectivity index (χ4v) is 5.36. The van der Waals surface area contributed by atoms with E-state index in [4.69, 9.17) is 4.74 Å². The number of benzene rings is 2. The van der Waals surface area contributed by atoms with Gasteiger partial charge in [-0.1, -0.05) is 18.2 Å². The molecule has 1 aliphatic rings. The Labute approximate surface area is 166 Å². The van der Waals surface area contributed by atoms with Crippen molar-refractivity contribution in [2.24, 2.45) is 7.05 Å². The summed E-state index contributed by atoms with van der Waals surface area (Å²) in [5, 5.41) is 1.22. The number of ether oxygens (including phenoxy) is 1. The van der Waals surface area contributed by atoms with E-state index in [1.165, 1.54) is 22.2 Å². The van der Waals surface area contributed by atoms with Crippen LogP contribution < -0.4 is 9.46 Å². The number of sulfonamides is 1. The zero-order valence-electron chi connectivity index (χ0n) is 16.5. The van der Waals surface area contributed by atoms with Crippen LogP contribution in [0.3, 0.4) is 0 Å². The average Bonchev–Trinajstić information content (AvgIpc) is 2.94. The average molecular weight is 399 g/mol. The fourth-order valence-electron chi connectivity index (χ4n) is 4.09. The number of hydrogen-bond acceptors (Lipinski definition) is 3. The summed E-state index contributed by atoms with van der Waals surface area (Å²) in [4.78, 5) is 0.271. The Hall–Kier alpha value is -2.31. The first kappa shape index (κ1) is 19.0.